The molecule has 0 atom stereocenters. The first-order valence-electron chi connectivity index (χ1n) is 12.2. The normalized spacial score (nSPS) is 13.1. The molecule has 0 saturated heterocycles. The Morgan fingerprint density at radius 3 is 1.73 bits per heavy atom. The molecule has 1 aliphatic rings. The Bertz CT molecular complexity index is 1480. The highest BCUT2D eigenvalue weighted by atomic mass is 16.5. The van der Waals surface area contributed by atoms with Crippen molar-refractivity contribution in [2.75, 3.05) is 12.0 Å². The highest BCUT2D eigenvalue weighted by molar-refractivity contribution is 6.35. The predicted octanol–water partition coefficient (Wildman–Crippen LogP) is 7.23. The zero-order chi connectivity index (χ0) is 26.3. The van der Waals surface area contributed by atoms with Crippen molar-refractivity contribution in [2.45, 2.75) is 33.1 Å². The Kier molecular flexibility index (Phi) is 6.08. The zero-order valence-electron chi connectivity index (χ0n) is 21.7. The lowest BCUT2D eigenvalue weighted by molar-refractivity contribution is 0.0925. The highest BCUT2D eigenvalue weighted by Crippen LogP contribution is 2.37. The summed E-state index contributed by atoms with van der Waals surface area (Å²) in [5, 5.41) is 0. The van der Waals surface area contributed by atoms with E-state index in [0.717, 1.165) is 22.4 Å². The number of aryl methyl sites for hydroxylation is 2. The van der Waals surface area contributed by atoms with E-state index in [1.54, 1.807) is 25.3 Å². The number of amides is 2. The summed E-state index contributed by atoms with van der Waals surface area (Å²) in [5.74, 6) is 1.34. The van der Waals surface area contributed by atoms with Gasteiger partial charge in [-0.1, -0.05) is 56.3 Å². The molecular formula is C32H29NO4. The Morgan fingerprint density at radius 1 is 0.649 bits per heavy atom. The van der Waals surface area contributed by atoms with Crippen LogP contribution in [0.1, 0.15) is 56.8 Å². The van der Waals surface area contributed by atoms with Crippen LogP contribution in [0.4, 0.5) is 5.69 Å². The largest absolute Gasteiger partial charge is 0.497 e. The Labute approximate surface area is 217 Å². The minimum Gasteiger partial charge on any atom is -0.497 e. The third kappa shape index (κ3) is 4.27. The fourth-order valence-corrected chi connectivity index (χ4v) is 4.89. The summed E-state index contributed by atoms with van der Waals surface area (Å²) < 4.78 is 11.4. The summed E-state index contributed by atoms with van der Waals surface area (Å²) in [6, 6.07) is 26.8. The van der Waals surface area contributed by atoms with Crippen molar-refractivity contribution in [3.05, 3.63) is 118 Å². The molecule has 5 nitrogen and oxygen atoms in total. The van der Waals surface area contributed by atoms with Crippen LogP contribution in [0.25, 0.3) is 0 Å². The summed E-state index contributed by atoms with van der Waals surface area (Å²) in [5.41, 5.74) is 5.25. The van der Waals surface area contributed by atoms with Gasteiger partial charge in [0.05, 0.1) is 23.9 Å². The average molecular weight is 492 g/mol. The quantitative estimate of drug-likeness (QED) is 0.267. The van der Waals surface area contributed by atoms with Gasteiger partial charge in [-0.15, -0.1) is 0 Å². The Balaban J connectivity index is 1.37. The van der Waals surface area contributed by atoms with Gasteiger partial charge >= 0.3 is 0 Å². The van der Waals surface area contributed by atoms with E-state index in [2.05, 4.69) is 26.0 Å². The number of carbonyl (C=O) groups excluding carboxylic acids is 2. The van der Waals surface area contributed by atoms with Crippen molar-refractivity contribution in [2.24, 2.45) is 0 Å². The van der Waals surface area contributed by atoms with Crippen molar-refractivity contribution in [3.63, 3.8) is 0 Å². The van der Waals surface area contributed by atoms with E-state index in [1.807, 2.05) is 68.4 Å². The molecule has 0 bridgehead atoms. The Morgan fingerprint density at radius 2 is 1.16 bits per heavy atom. The van der Waals surface area contributed by atoms with Crippen LogP contribution in [0, 0.1) is 13.8 Å². The number of hydrogen-bond acceptors (Lipinski definition) is 4. The lowest BCUT2D eigenvalue weighted by Gasteiger charge is -2.26. The van der Waals surface area contributed by atoms with Crippen molar-refractivity contribution in [1.29, 1.82) is 0 Å². The van der Waals surface area contributed by atoms with Gasteiger partial charge in [-0.25, -0.2) is 4.90 Å². The lowest BCUT2D eigenvalue weighted by atomic mass is 9.78. The van der Waals surface area contributed by atoms with Crippen LogP contribution in [0.2, 0.25) is 0 Å². The van der Waals surface area contributed by atoms with E-state index in [0.29, 0.717) is 28.3 Å². The fourth-order valence-electron chi connectivity index (χ4n) is 4.89. The summed E-state index contributed by atoms with van der Waals surface area (Å²) in [7, 11) is 1.66. The molecule has 5 heteroatoms. The fraction of sp³-hybridized carbons (Fsp3) is 0.188. The number of carbonyl (C=O) groups is 2. The number of methoxy groups -OCH3 is 1. The maximum Gasteiger partial charge on any atom is 0.266 e. The van der Waals surface area contributed by atoms with Gasteiger partial charge < -0.3 is 9.47 Å². The molecule has 0 unspecified atom stereocenters. The van der Waals surface area contributed by atoms with Crippen LogP contribution in [-0.4, -0.2) is 18.9 Å². The second kappa shape index (κ2) is 9.25. The molecule has 37 heavy (non-hydrogen) atoms. The van der Waals surface area contributed by atoms with E-state index in [1.165, 1.54) is 10.5 Å². The third-order valence-electron chi connectivity index (χ3n) is 7.14. The van der Waals surface area contributed by atoms with E-state index in [9.17, 15) is 9.59 Å². The van der Waals surface area contributed by atoms with E-state index in [-0.39, 0.29) is 17.2 Å². The van der Waals surface area contributed by atoms with E-state index in [4.69, 9.17) is 9.47 Å². The number of para-hydroxylation sites is 1. The zero-order valence-corrected chi connectivity index (χ0v) is 21.7. The number of anilines is 1. The van der Waals surface area contributed by atoms with Crippen LogP contribution in [0.3, 0.4) is 0 Å². The number of nitrogens with zero attached hydrogens (tertiary/aromatic N) is 1. The molecule has 1 heterocycles. The van der Waals surface area contributed by atoms with Crippen molar-refractivity contribution < 1.29 is 19.1 Å². The second-order valence-electron chi connectivity index (χ2n) is 9.87. The first-order chi connectivity index (χ1) is 17.7. The molecule has 2 amide bonds. The van der Waals surface area contributed by atoms with E-state index < -0.39 is 0 Å². The number of imide groups is 1. The molecule has 186 valence electrons. The molecule has 0 spiro atoms. The maximum absolute atomic E-state index is 13.3. The number of hydrogen-bond donors (Lipinski definition) is 0. The maximum atomic E-state index is 13.3. The molecule has 0 fully saturated rings. The molecule has 4 aromatic rings. The van der Waals surface area contributed by atoms with Crippen LogP contribution in [0.5, 0.6) is 17.2 Å². The standard InChI is InChI=1S/C32H29NO4/c1-20-7-6-8-21(2)29(20)33-30(34)27-18-17-26(19-28(27)31(33)35)37-25-15-11-23(12-16-25)32(3,4)22-9-13-24(36-5)14-10-22/h6-19H,1-5H3. The van der Waals surface area contributed by atoms with Crippen LogP contribution in [0.15, 0.2) is 84.9 Å². The Hall–Kier alpha value is -4.38. The molecule has 0 saturated carbocycles. The first-order valence-corrected chi connectivity index (χ1v) is 12.2. The molecule has 0 aromatic heterocycles. The smallest absolute Gasteiger partial charge is 0.266 e. The predicted molar refractivity (Wildman–Crippen MR) is 145 cm³/mol. The monoisotopic (exact) mass is 491 g/mol. The summed E-state index contributed by atoms with van der Waals surface area (Å²) in [4.78, 5) is 27.7. The topological polar surface area (TPSA) is 55.8 Å². The lowest BCUT2D eigenvalue weighted by Crippen LogP contribution is -2.30. The van der Waals surface area contributed by atoms with Gasteiger partial charge in [0, 0.05) is 5.41 Å². The SMILES string of the molecule is COc1ccc(C(C)(C)c2ccc(Oc3ccc4c(c3)C(=O)N(c3c(C)cccc3C)C4=O)cc2)cc1. The van der Waals surface area contributed by atoms with Gasteiger partial charge in [0.15, 0.2) is 0 Å². The molecule has 5 rings (SSSR count). The number of fused-ring (bicyclic) bond motifs is 1. The van der Waals surface area contributed by atoms with Crippen LogP contribution >= 0.6 is 0 Å². The van der Waals surface area contributed by atoms with Crippen molar-refractivity contribution in [1.82, 2.24) is 0 Å². The molecule has 0 aliphatic carbocycles. The number of rotatable bonds is 6. The molecule has 4 aromatic carbocycles. The molecular weight excluding hydrogens is 462 g/mol. The third-order valence-corrected chi connectivity index (χ3v) is 7.14. The van der Waals surface area contributed by atoms with Gasteiger partial charge in [0.25, 0.3) is 11.8 Å². The van der Waals surface area contributed by atoms with Crippen molar-refractivity contribution in [3.8, 4) is 17.2 Å². The first kappa shape index (κ1) is 24.3. The average Bonchev–Trinajstić information content (AvgIpc) is 3.13. The van der Waals surface area contributed by atoms with E-state index >= 15 is 0 Å². The van der Waals surface area contributed by atoms with Gasteiger partial charge in [-0.3, -0.25) is 9.59 Å². The molecule has 1 aliphatic heterocycles. The van der Waals surface area contributed by atoms with Crippen LogP contribution in [-0.2, 0) is 5.41 Å². The van der Waals surface area contributed by atoms with Gasteiger partial charge in [-0.05, 0) is 78.6 Å². The summed E-state index contributed by atoms with van der Waals surface area (Å²) >= 11 is 0. The summed E-state index contributed by atoms with van der Waals surface area (Å²) in [6.45, 7) is 8.16. The molecule has 0 N–H and O–H groups in total. The van der Waals surface area contributed by atoms with Crippen molar-refractivity contribution >= 4 is 17.5 Å². The summed E-state index contributed by atoms with van der Waals surface area (Å²) in [6.07, 6.45) is 0. The van der Waals surface area contributed by atoms with Gasteiger partial charge in [0.1, 0.15) is 17.2 Å². The van der Waals surface area contributed by atoms with Gasteiger partial charge in [-0.2, -0.15) is 0 Å². The highest BCUT2D eigenvalue weighted by Gasteiger charge is 2.38. The minimum atomic E-state index is -0.334. The minimum absolute atomic E-state index is 0.206. The molecule has 0 radical (unpaired) electrons. The van der Waals surface area contributed by atoms with Gasteiger partial charge in [0.2, 0.25) is 0 Å². The van der Waals surface area contributed by atoms with Crippen LogP contribution < -0.4 is 14.4 Å². The second-order valence-corrected chi connectivity index (χ2v) is 9.87. The number of ether oxygens (including phenoxy) is 2. The number of benzene rings is 4.